The summed E-state index contributed by atoms with van der Waals surface area (Å²) < 4.78 is 0.895. The maximum atomic E-state index is 9.88. The molecule has 5 heteroatoms. The molecule has 0 amide bonds. The van der Waals surface area contributed by atoms with E-state index < -0.39 is 6.10 Å². The molecule has 102 valence electrons. The molecule has 2 N–H and O–H groups in total. The summed E-state index contributed by atoms with van der Waals surface area (Å²) in [4.78, 5) is 9.12. The largest absolute Gasteiger partial charge is 0.387 e. The molecular weight excluding hydrogens is 306 g/mol. The Morgan fingerprint density at radius 3 is 2.53 bits per heavy atom. The Labute approximate surface area is 121 Å². The highest BCUT2D eigenvalue weighted by molar-refractivity contribution is 9.10. The van der Waals surface area contributed by atoms with Crippen molar-refractivity contribution in [2.45, 2.75) is 39.3 Å². The molecule has 0 spiro atoms. The maximum Gasteiger partial charge on any atom is 0.151 e. The Morgan fingerprint density at radius 1 is 1.26 bits per heavy atom. The van der Waals surface area contributed by atoms with Gasteiger partial charge in [0, 0.05) is 10.0 Å². The standard InChI is InChI=1S/C14H18BrN3O/c1-8(19)11-13(18-14(2,3)4)17-12-9(15)6-5-7-10(12)16-11/h5-8,19H,1-4H3,(H,17,18). The van der Waals surface area contributed by atoms with E-state index in [2.05, 4.69) is 31.2 Å². The Hall–Kier alpha value is -1.20. The lowest BCUT2D eigenvalue weighted by molar-refractivity contribution is 0.195. The average molecular weight is 324 g/mol. The highest BCUT2D eigenvalue weighted by Gasteiger charge is 2.19. The second-order valence-corrected chi connectivity index (χ2v) is 6.47. The number of anilines is 1. The van der Waals surface area contributed by atoms with E-state index in [9.17, 15) is 5.11 Å². The van der Waals surface area contributed by atoms with Gasteiger partial charge in [0.2, 0.25) is 0 Å². The smallest absolute Gasteiger partial charge is 0.151 e. The van der Waals surface area contributed by atoms with Gasteiger partial charge in [0.25, 0.3) is 0 Å². The molecule has 0 saturated heterocycles. The predicted molar refractivity (Wildman–Crippen MR) is 81.2 cm³/mol. The van der Waals surface area contributed by atoms with Crippen molar-refractivity contribution >= 4 is 32.8 Å². The first-order valence-electron chi connectivity index (χ1n) is 6.20. The van der Waals surface area contributed by atoms with Crippen LogP contribution in [0.3, 0.4) is 0 Å². The first-order chi connectivity index (χ1) is 8.78. The Morgan fingerprint density at radius 2 is 1.95 bits per heavy atom. The van der Waals surface area contributed by atoms with E-state index in [0.29, 0.717) is 11.5 Å². The van der Waals surface area contributed by atoms with Crippen LogP contribution in [-0.2, 0) is 0 Å². The molecule has 1 aromatic carbocycles. The summed E-state index contributed by atoms with van der Waals surface area (Å²) in [5.41, 5.74) is 1.98. The lowest BCUT2D eigenvalue weighted by Crippen LogP contribution is -2.28. The van der Waals surface area contributed by atoms with E-state index in [-0.39, 0.29) is 5.54 Å². The van der Waals surface area contributed by atoms with Crippen LogP contribution in [0.5, 0.6) is 0 Å². The van der Waals surface area contributed by atoms with Crippen molar-refractivity contribution in [1.82, 2.24) is 9.97 Å². The fraction of sp³-hybridized carbons (Fsp3) is 0.429. The molecule has 0 aliphatic heterocycles. The fourth-order valence-electron chi connectivity index (χ4n) is 1.80. The van der Waals surface area contributed by atoms with Gasteiger partial charge in [-0.2, -0.15) is 0 Å². The lowest BCUT2D eigenvalue weighted by atomic mass is 10.1. The van der Waals surface area contributed by atoms with Crippen molar-refractivity contribution in [3.8, 4) is 0 Å². The number of nitrogens with zero attached hydrogens (tertiary/aromatic N) is 2. The van der Waals surface area contributed by atoms with Gasteiger partial charge in [-0.1, -0.05) is 6.07 Å². The molecule has 2 rings (SSSR count). The molecule has 1 aromatic heterocycles. The van der Waals surface area contributed by atoms with Crippen LogP contribution in [0.2, 0.25) is 0 Å². The highest BCUT2D eigenvalue weighted by atomic mass is 79.9. The molecule has 0 aliphatic rings. The number of aliphatic hydroxyl groups is 1. The predicted octanol–water partition coefficient (Wildman–Crippen LogP) is 3.66. The molecule has 19 heavy (non-hydrogen) atoms. The highest BCUT2D eigenvalue weighted by Crippen LogP contribution is 2.28. The van der Waals surface area contributed by atoms with Crippen molar-refractivity contribution in [3.63, 3.8) is 0 Å². The van der Waals surface area contributed by atoms with E-state index in [1.54, 1.807) is 6.92 Å². The zero-order valence-electron chi connectivity index (χ0n) is 11.5. The summed E-state index contributed by atoms with van der Waals surface area (Å²) >= 11 is 3.48. The molecule has 0 fully saturated rings. The normalized spacial score (nSPS) is 13.6. The third-order valence-electron chi connectivity index (χ3n) is 2.56. The molecule has 2 aromatic rings. The van der Waals surface area contributed by atoms with Crippen molar-refractivity contribution in [1.29, 1.82) is 0 Å². The third-order valence-corrected chi connectivity index (χ3v) is 3.20. The molecule has 0 saturated carbocycles. The van der Waals surface area contributed by atoms with Gasteiger partial charge in [-0.15, -0.1) is 0 Å². The van der Waals surface area contributed by atoms with Crippen LogP contribution >= 0.6 is 15.9 Å². The minimum Gasteiger partial charge on any atom is -0.387 e. The second kappa shape index (κ2) is 5.06. The molecular formula is C14H18BrN3O. The van der Waals surface area contributed by atoms with E-state index >= 15 is 0 Å². The zero-order valence-corrected chi connectivity index (χ0v) is 13.1. The van der Waals surface area contributed by atoms with Crippen LogP contribution in [0.4, 0.5) is 5.82 Å². The van der Waals surface area contributed by atoms with Crippen molar-refractivity contribution in [2.75, 3.05) is 5.32 Å². The average Bonchev–Trinajstić information content (AvgIpc) is 2.27. The van der Waals surface area contributed by atoms with Crippen LogP contribution in [-0.4, -0.2) is 20.6 Å². The van der Waals surface area contributed by atoms with Crippen molar-refractivity contribution < 1.29 is 5.11 Å². The topological polar surface area (TPSA) is 58.0 Å². The first-order valence-corrected chi connectivity index (χ1v) is 6.99. The summed E-state index contributed by atoms with van der Waals surface area (Å²) in [6.45, 7) is 7.84. The summed E-state index contributed by atoms with van der Waals surface area (Å²) in [7, 11) is 0. The number of hydrogen-bond acceptors (Lipinski definition) is 4. The van der Waals surface area contributed by atoms with Crippen LogP contribution < -0.4 is 5.32 Å². The quantitative estimate of drug-likeness (QED) is 0.885. The second-order valence-electron chi connectivity index (χ2n) is 5.62. The number of benzene rings is 1. The van der Waals surface area contributed by atoms with Crippen molar-refractivity contribution in [3.05, 3.63) is 28.4 Å². The Bertz CT molecular complexity index is 605. The zero-order chi connectivity index (χ0) is 14.2. The Balaban J connectivity index is 2.65. The van der Waals surface area contributed by atoms with Gasteiger partial charge in [-0.3, -0.25) is 0 Å². The number of hydrogen-bond donors (Lipinski definition) is 2. The van der Waals surface area contributed by atoms with Crippen molar-refractivity contribution in [2.24, 2.45) is 0 Å². The summed E-state index contributed by atoms with van der Waals surface area (Å²) in [6.07, 6.45) is -0.666. The molecule has 0 bridgehead atoms. The number of aliphatic hydroxyl groups excluding tert-OH is 1. The van der Waals surface area contributed by atoms with Gasteiger partial charge in [-0.25, -0.2) is 9.97 Å². The lowest BCUT2D eigenvalue weighted by Gasteiger charge is -2.24. The van der Waals surface area contributed by atoms with Gasteiger partial charge in [0.05, 0.1) is 11.6 Å². The SMILES string of the molecule is CC(O)c1nc2cccc(Br)c2nc1NC(C)(C)C. The Kier molecular flexibility index (Phi) is 3.78. The molecule has 1 atom stereocenters. The number of halogens is 1. The van der Waals surface area contributed by atoms with Crippen LogP contribution in [0.15, 0.2) is 22.7 Å². The van der Waals surface area contributed by atoms with Gasteiger partial charge in [0.15, 0.2) is 5.82 Å². The van der Waals surface area contributed by atoms with E-state index in [1.807, 2.05) is 39.0 Å². The van der Waals surface area contributed by atoms with Crippen LogP contribution in [0, 0.1) is 0 Å². The number of nitrogens with one attached hydrogen (secondary N) is 1. The van der Waals surface area contributed by atoms with Gasteiger partial charge in [0.1, 0.15) is 11.2 Å². The summed E-state index contributed by atoms with van der Waals surface area (Å²) in [5, 5.41) is 13.2. The summed E-state index contributed by atoms with van der Waals surface area (Å²) in [5.74, 6) is 0.627. The van der Waals surface area contributed by atoms with E-state index in [4.69, 9.17) is 0 Å². The van der Waals surface area contributed by atoms with E-state index in [1.165, 1.54) is 0 Å². The molecule has 0 aliphatic carbocycles. The fourth-order valence-corrected chi connectivity index (χ4v) is 2.24. The van der Waals surface area contributed by atoms with Gasteiger partial charge in [-0.05, 0) is 55.8 Å². The molecule has 1 heterocycles. The van der Waals surface area contributed by atoms with Crippen LogP contribution in [0.25, 0.3) is 11.0 Å². The summed E-state index contributed by atoms with van der Waals surface area (Å²) in [6, 6.07) is 5.73. The first kappa shape index (κ1) is 14.2. The minimum absolute atomic E-state index is 0.146. The third kappa shape index (κ3) is 3.22. The number of aromatic nitrogens is 2. The molecule has 4 nitrogen and oxygen atoms in total. The molecule has 1 unspecified atom stereocenters. The maximum absolute atomic E-state index is 9.88. The van der Waals surface area contributed by atoms with Crippen LogP contribution in [0.1, 0.15) is 39.5 Å². The number of para-hydroxylation sites is 1. The monoisotopic (exact) mass is 323 g/mol. The molecule has 0 radical (unpaired) electrons. The van der Waals surface area contributed by atoms with E-state index in [0.717, 1.165) is 15.5 Å². The van der Waals surface area contributed by atoms with Gasteiger partial charge < -0.3 is 10.4 Å². The number of fused-ring (bicyclic) bond motifs is 1. The minimum atomic E-state index is -0.666. The number of rotatable bonds is 2. The van der Waals surface area contributed by atoms with Gasteiger partial charge >= 0.3 is 0 Å².